The minimum atomic E-state index is 0.645. The molecule has 0 saturated carbocycles. The predicted octanol–water partition coefficient (Wildman–Crippen LogP) is 1.77. The van der Waals surface area contributed by atoms with Crippen LogP contribution in [0.25, 0.3) is 0 Å². The van der Waals surface area contributed by atoms with Crippen molar-refractivity contribution < 1.29 is 0 Å². The second-order valence-electron chi connectivity index (χ2n) is 3.39. The first-order chi connectivity index (χ1) is 5.29. The Labute approximate surface area is 66.7 Å². The van der Waals surface area contributed by atoms with Crippen LogP contribution >= 0.6 is 0 Å². The van der Waals surface area contributed by atoms with Crippen molar-refractivity contribution in [1.29, 1.82) is 0 Å². The van der Waals surface area contributed by atoms with E-state index in [9.17, 15) is 0 Å². The predicted molar refractivity (Wildman–Crippen MR) is 43.3 cm³/mol. The molecular formula is C9H12N2. The van der Waals surface area contributed by atoms with Crippen molar-refractivity contribution in [1.82, 2.24) is 9.97 Å². The standard InChI is InChI=1S/C9H12N2/c1-6-3-9-8(7(6)2)4-10-5-11-9/h4-7H,3H2,1-2H3. The van der Waals surface area contributed by atoms with Crippen molar-refractivity contribution in [3.05, 3.63) is 23.8 Å². The maximum Gasteiger partial charge on any atom is 0.115 e. The molecule has 0 N–H and O–H groups in total. The van der Waals surface area contributed by atoms with Gasteiger partial charge < -0.3 is 0 Å². The van der Waals surface area contributed by atoms with Crippen LogP contribution in [0.5, 0.6) is 0 Å². The van der Waals surface area contributed by atoms with Crippen molar-refractivity contribution in [2.45, 2.75) is 26.2 Å². The maximum absolute atomic E-state index is 4.25. The van der Waals surface area contributed by atoms with Gasteiger partial charge in [-0.3, -0.25) is 0 Å². The lowest BCUT2D eigenvalue weighted by atomic mass is 9.98. The van der Waals surface area contributed by atoms with Crippen molar-refractivity contribution in [2.24, 2.45) is 5.92 Å². The van der Waals surface area contributed by atoms with Crippen molar-refractivity contribution >= 4 is 0 Å². The molecule has 1 aromatic rings. The van der Waals surface area contributed by atoms with Gasteiger partial charge in [-0.15, -0.1) is 0 Å². The smallest absolute Gasteiger partial charge is 0.115 e. The van der Waals surface area contributed by atoms with Crippen LogP contribution < -0.4 is 0 Å². The fourth-order valence-electron chi connectivity index (χ4n) is 1.70. The van der Waals surface area contributed by atoms with E-state index < -0.39 is 0 Å². The molecule has 0 amide bonds. The highest BCUT2D eigenvalue weighted by atomic mass is 14.8. The molecular weight excluding hydrogens is 136 g/mol. The van der Waals surface area contributed by atoms with Crippen LogP contribution in [0.15, 0.2) is 12.5 Å². The first kappa shape index (κ1) is 6.77. The van der Waals surface area contributed by atoms with E-state index in [1.165, 1.54) is 11.3 Å². The molecule has 0 aliphatic heterocycles. The van der Waals surface area contributed by atoms with Gasteiger partial charge in [-0.25, -0.2) is 9.97 Å². The van der Waals surface area contributed by atoms with Crippen LogP contribution in [-0.2, 0) is 6.42 Å². The highest BCUT2D eigenvalue weighted by molar-refractivity contribution is 5.27. The van der Waals surface area contributed by atoms with E-state index in [0.717, 1.165) is 12.3 Å². The quantitative estimate of drug-likeness (QED) is 0.560. The number of aromatic nitrogens is 2. The van der Waals surface area contributed by atoms with Gasteiger partial charge in [-0.1, -0.05) is 13.8 Å². The van der Waals surface area contributed by atoms with E-state index >= 15 is 0 Å². The number of hydrogen-bond donors (Lipinski definition) is 0. The summed E-state index contributed by atoms with van der Waals surface area (Å²) in [6.45, 7) is 4.52. The molecule has 2 rings (SSSR count). The van der Waals surface area contributed by atoms with Crippen molar-refractivity contribution in [2.75, 3.05) is 0 Å². The van der Waals surface area contributed by atoms with Gasteiger partial charge >= 0.3 is 0 Å². The molecule has 2 atom stereocenters. The van der Waals surface area contributed by atoms with E-state index in [0.29, 0.717) is 5.92 Å². The summed E-state index contributed by atoms with van der Waals surface area (Å²) >= 11 is 0. The monoisotopic (exact) mass is 148 g/mol. The third-order valence-corrected chi connectivity index (χ3v) is 2.69. The Kier molecular flexibility index (Phi) is 1.41. The number of hydrogen-bond acceptors (Lipinski definition) is 2. The highest BCUT2D eigenvalue weighted by Crippen LogP contribution is 2.34. The summed E-state index contributed by atoms with van der Waals surface area (Å²) in [5, 5.41) is 0. The molecule has 2 unspecified atom stereocenters. The molecule has 0 fully saturated rings. The van der Waals surface area contributed by atoms with Crippen LogP contribution in [-0.4, -0.2) is 9.97 Å². The zero-order valence-electron chi connectivity index (χ0n) is 6.91. The largest absolute Gasteiger partial charge is 0.245 e. The lowest BCUT2D eigenvalue weighted by Crippen LogP contribution is -1.97. The summed E-state index contributed by atoms with van der Waals surface area (Å²) < 4.78 is 0. The van der Waals surface area contributed by atoms with E-state index in [1.54, 1.807) is 6.33 Å². The Bertz CT molecular complexity index is 270. The van der Waals surface area contributed by atoms with Gasteiger partial charge in [0.15, 0.2) is 0 Å². The average molecular weight is 148 g/mol. The molecule has 2 nitrogen and oxygen atoms in total. The molecule has 0 bridgehead atoms. The van der Waals surface area contributed by atoms with Crippen molar-refractivity contribution in [3.8, 4) is 0 Å². The zero-order valence-corrected chi connectivity index (χ0v) is 6.91. The molecule has 1 aromatic heterocycles. The molecule has 1 aliphatic rings. The third kappa shape index (κ3) is 0.934. The van der Waals surface area contributed by atoms with Crippen LogP contribution in [0.3, 0.4) is 0 Å². The second kappa shape index (κ2) is 2.29. The Morgan fingerprint density at radius 2 is 2.27 bits per heavy atom. The molecule has 0 saturated heterocycles. The molecule has 1 heterocycles. The molecule has 11 heavy (non-hydrogen) atoms. The van der Waals surface area contributed by atoms with E-state index in [2.05, 4.69) is 23.8 Å². The Morgan fingerprint density at radius 3 is 3.00 bits per heavy atom. The Morgan fingerprint density at radius 1 is 1.45 bits per heavy atom. The van der Waals surface area contributed by atoms with Crippen molar-refractivity contribution in [3.63, 3.8) is 0 Å². The Balaban J connectivity index is 2.47. The van der Waals surface area contributed by atoms with E-state index in [4.69, 9.17) is 0 Å². The van der Waals surface area contributed by atoms with Crippen LogP contribution in [0.1, 0.15) is 31.0 Å². The van der Waals surface area contributed by atoms with Gasteiger partial charge in [0.1, 0.15) is 6.33 Å². The minimum absolute atomic E-state index is 0.645. The van der Waals surface area contributed by atoms with Crippen LogP contribution in [0.2, 0.25) is 0 Å². The fourth-order valence-corrected chi connectivity index (χ4v) is 1.70. The third-order valence-electron chi connectivity index (χ3n) is 2.69. The first-order valence-corrected chi connectivity index (χ1v) is 4.08. The lowest BCUT2D eigenvalue weighted by Gasteiger charge is -2.07. The number of fused-ring (bicyclic) bond motifs is 1. The van der Waals surface area contributed by atoms with Gasteiger partial charge in [0, 0.05) is 11.9 Å². The minimum Gasteiger partial charge on any atom is -0.245 e. The molecule has 1 aliphatic carbocycles. The summed E-state index contributed by atoms with van der Waals surface area (Å²) in [5.74, 6) is 1.38. The van der Waals surface area contributed by atoms with Crippen LogP contribution in [0.4, 0.5) is 0 Å². The molecule has 58 valence electrons. The average Bonchev–Trinajstić information content (AvgIpc) is 2.30. The number of nitrogens with zero attached hydrogens (tertiary/aromatic N) is 2. The van der Waals surface area contributed by atoms with Gasteiger partial charge in [0.05, 0.1) is 0 Å². The maximum atomic E-state index is 4.25. The van der Waals surface area contributed by atoms with E-state index in [-0.39, 0.29) is 0 Å². The normalized spacial score (nSPS) is 28.5. The lowest BCUT2D eigenvalue weighted by molar-refractivity contribution is 0.530. The van der Waals surface area contributed by atoms with Gasteiger partial charge in [-0.2, -0.15) is 0 Å². The topological polar surface area (TPSA) is 25.8 Å². The highest BCUT2D eigenvalue weighted by Gasteiger charge is 2.26. The second-order valence-corrected chi connectivity index (χ2v) is 3.39. The van der Waals surface area contributed by atoms with E-state index in [1.807, 2.05) is 6.20 Å². The summed E-state index contributed by atoms with van der Waals surface area (Å²) in [6.07, 6.45) is 4.72. The SMILES string of the molecule is CC1Cc2ncncc2C1C. The summed E-state index contributed by atoms with van der Waals surface area (Å²) in [4.78, 5) is 8.28. The molecule has 2 heteroatoms. The first-order valence-electron chi connectivity index (χ1n) is 4.08. The van der Waals surface area contributed by atoms with Gasteiger partial charge in [0.25, 0.3) is 0 Å². The Hall–Kier alpha value is -0.920. The van der Waals surface area contributed by atoms with Crippen LogP contribution in [0, 0.1) is 5.92 Å². The number of rotatable bonds is 0. The fraction of sp³-hybridized carbons (Fsp3) is 0.556. The molecule has 0 radical (unpaired) electrons. The zero-order chi connectivity index (χ0) is 7.84. The summed E-state index contributed by atoms with van der Waals surface area (Å²) in [7, 11) is 0. The van der Waals surface area contributed by atoms with Gasteiger partial charge in [0.2, 0.25) is 0 Å². The molecule has 0 aromatic carbocycles. The summed E-state index contributed by atoms with van der Waals surface area (Å²) in [5.41, 5.74) is 2.60. The summed E-state index contributed by atoms with van der Waals surface area (Å²) in [6, 6.07) is 0. The van der Waals surface area contributed by atoms with Gasteiger partial charge in [-0.05, 0) is 23.8 Å². The molecule has 0 spiro atoms.